The molecule has 1 fully saturated rings. The highest BCUT2D eigenvalue weighted by Gasteiger charge is 2.26. The van der Waals surface area contributed by atoms with Crippen LogP contribution < -0.4 is 5.32 Å². The van der Waals surface area contributed by atoms with Crippen molar-refractivity contribution in [2.75, 3.05) is 11.9 Å². The summed E-state index contributed by atoms with van der Waals surface area (Å²) >= 11 is 0. The lowest BCUT2D eigenvalue weighted by atomic mass is 9.90. The predicted octanol–water partition coefficient (Wildman–Crippen LogP) is 3.41. The maximum Gasteiger partial charge on any atom is 0.153 e. The summed E-state index contributed by atoms with van der Waals surface area (Å²) in [5.41, 5.74) is 2.58. The summed E-state index contributed by atoms with van der Waals surface area (Å²) in [6.45, 7) is 1.00. The smallest absolute Gasteiger partial charge is 0.153 e. The largest absolute Gasteiger partial charge is 0.385 e. The third-order valence-corrected chi connectivity index (χ3v) is 4.66. The average Bonchev–Trinajstić information content (AvgIpc) is 3.17. The van der Waals surface area contributed by atoms with Gasteiger partial charge in [-0.05, 0) is 30.9 Å². The second kappa shape index (κ2) is 4.93. The Hall–Kier alpha value is -1.84. The van der Waals surface area contributed by atoms with Crippen molar-refractivity contribution in [3.63, 3.8) is 0 Å². The second-order valence-electron chi connectivity index (χ2n) is 5.92. The lowest BCUT2D eigenvalue weighted by Crippen LogP contribution is -2.18. The van der Waals surface area contributed by atoms with E-state index in [9.17, 15) is 0 Å². The zero-order chi connectivity index (χ0) is 13.4. The first kappa shape index (κ1) is 11.9. The summed E-state index contributed by atoms with van der Waals surface area (Å²) in [6.07, 6.45) is 6.23. The van der Waals surface area contributed by atoms with Gasteiger partial charge in [-0.15, -0.1) is 0 Å². The molecule has 1 saturated carbocycles. The molecule has 0 spiro atoms. The number of H-pyrrole nitrogens is 1. The van der Waals surface area contributed by atoms with Crippen LogP contribution in [0.5, 0.6) is 0 Å². The van der Waals surface area contributed by atoms with Gasteiger partial charge in [0.25, 0.3) is 0 Å². The Labute approximate surface area is 119 Å². The third-order valence-electron chi connectivity index (χ3n) is 4.66. The molecule has 4 heteroatoms. The monoisotopic (exact) mass is 268 g/mol. The number of hydrogen-bond acceptors (Lipinski definition) is 3. The zero-order valence-corrected chi connectivity index (χ0v) is 11.6. The van der Waals surface area contributed by atoms with Crippen molar-refractivity contribution in [3.8, 4) is 0 Å². The minimum atomic E-state index is 0.357. The highest BCUT2D eigenvalue weighted by Crippen LogP contribution is 2.36. The summed E-state index contributed by atoms with van der Waals surface area (Å²) in [4.78, 5) is 4.82. The van der Waals surface area contributed by atoms with Crippen LogP contribution in [0.25, 0.3) is 0 Å². The molecule has 4 nitrogen and oxygen atoms in total. The van der Waals surface area contributed by atoms with Gasteiger partial charge < -0.3 is 5.32 Å². The molecule has 1 aromatic heterocycles. The first-order valence-corrected chi connectivity index (χ1v) is 7.67. The molecule has 1 aromatic carbocycles. The number of anilines is 1. The lowest BCUT2D eigenvalue weighted by molar-refractivity contribution is 0.662. The van der Waals surface area contributed by atoms with Crippen LogP contribution in [0.15, 0.2) is 24.3 Å². The maximum atomic E-state index is 4.82. The quantitative estimate of drug-likeness (QED) is 0.877. The molecule has 1 aliphatic heterocycles. The SMILES string of the molecule is c1ccc2c(c1)NCCC2c1nc(C2CCCC2)n[nH]1. The first-order chi connectivity index (χ1) is 9.92. The van der Waals surface area contributed by atoms with Crippen molar-refractivity contribution in [2.45, 2.75) is 43.9 Å². The first-order valence-electron chi connectivity index (χ1n) is 7.67. The molecule has 2 aromatic rings. The highest BCUT2D eigenvalue weighted by molar-refractivity contribution is 5.56. The highest BCUT2D eigenvalue weighted by atomic mass is 15.2. The van der Waals surface area contributed by atoms with Crippen molar-refractivity contribution in [1.29, 1.82) is 0 Å². The van der Waals surface area contributed by atoms with Crippen LogP contribution in [0.4, 0.5) is 5.69 Å². The average molecular weight is 268 g/mol. The van der Waals surface area contributed by atoms with Gasteiger partial charge in [0.15, 0.2) is 5.82 Å². The van der Waals surface area contributed by atoms with E-state index in [1.165, 1.54) is 36.9 Å². The molecule has 104 valence electrons. The third kappa shape index (κ3) is 1.99. The molecular formula is C16H20N4. The Kier molecular flexibility index (Phi) is 2.94. The van der Waals surface area contributed by atoms with Crippen molar-refractivity contribution >= 4 is 5.69 Å². The van der Waals surface area contributed by atoms with Crippen LogP contribution in [0.1, 0.15) is 61.2 Å². The number of aromatic nitrogens is 3. The zero-order valence-electron chi connectivity index (χ0n) is 11.6. The molecule has 2 heterocycles. The van der Waals surface area contributed by atoms with E-state index < -0.39 is 0 Å². The van der Waals surface area contributed by atoms with Crippen LogP contribution in [0.2, 0.25) is 0 Å². The molecule has 1 aliphatic carbocycles. The van der Waals surface area contributed by atoms with E-state index in [4.69, 9.17) is 4.98 Å². The van der Waals surface area contributed by atoms with E-state index in [1.807, 2.05) is 0 Å². The van der Waals surface area contributed by atoms with Crippen molar-refractivity contribution < 1.29 is 0 Å². The summed E-state index contributed by atoms with van der Waals surface area (Å²) in [5, 5.41) is 11.2. The van der Waals surface area contributed by atoms with Gasteiger partial charge in [-0.2, -0.15) is 5.10 Å². The summed E-state index contributed by atoms with van der Waals surface area (Å²) < 4.78 is 0. The van der Waals surface area contributed by atoms with E-state index in [0.717, 1.165) is 24.6 Å². The van der Waals surface area contributed by atoms with Crippen molar-refractivity contribution in [3.05, 3.63) is 41.5 Å². The number of nitrogens with one attached hydrogen (secondary N) is 2. The van der Waals surface area contributed by atoms with Gasteiger partial charge in [-0.3, -0.25) is 5.10 Å². The topological polar surface area (TPSA) is 53.6 Å². The number of aromatic amines is 1. The Morgan fingerprint density at radius 3 is 2.80 bits per heavy atom. The molecule has 20 heavy (non-hydrogen) atoms. The number of para-hydroxylation sites is 1. The van der Waals surface area contributed by atoms with Gasteiger partial charge in [-0.25, -0.2) is 4.98 Å². The van der Waals surface area contributed by atoms with Crippen LogP contribution in [0, 0.1) is 0 Å². The molecule has 0 amide bonds. The van der Waals surface area contributed by atoms with E-state index in [0.29, 0.717) is 11.8 Å². The molecule has 2 aliphatic rings. The molecular weight excluding hydrogens is 248 g/mol. The van der Waals surface area contributed by atoms with Crippen molar-refractivity contribution in [2.24, 2.45) is 0 Å². The van der Waals surface area contributed by atoms with Gasteiger partial charge >= 0.3 is 0 Å². The van der Waals surface area contributed by atoms with Crippen molar-refractivity contribution in [1.82, 2.24) is 15.2 Å². The molecule has 0 saturated heterocycles. The Morgan fingerprint density at radius 2 is 1.90 bits per heavy atom. The number of hydrogen-bond donors (Lipinski definition) is 2. The van der Waals surface area contributed by atoms with Crippen LogP contribution in [0.3, 0.4) is 0 Å². The standard InChI is InChI=1S/C16H20N4/c1-2-6-11(5-1)15-18-16(20-19-15)13-9-10-17-14-8-4-3-7-12(13)14/h3-4,7-8,11,13,17H,1-2,5-6,9-10H2,(H,18,19,20). The minimum Gasteiger partial charge on any atom is -0.385 e. The summed E-state index contributed by atoms with van der Waals surface area (Å²) in [6, 6.07) is 8.53. The van der Waals surface area contributed by atoms with E-state index >= 15 is 0 Å². The van der Waals surface area contributed by atoms with Crippen LogP contribution in [-0.4, -0.2) is 21.7 Å². The molecule has 2 N–H and O–H groups in total. The lowest BCUT2D eigenvalue weighted by Gasteiger charge is -2.24. The minimum absolute atomic E-state index is 0.357. The summed E-state index contributed by atoms with van der Waals surface area (Å²) in [5.74, 6) is 3.02. The summed E-state index contributed by atoms with van der Waals surface area (Å²) in [7, 11) is 0. The van der Waals surface area contributed by atoms with E-state index in [2.05, 4.69) is 39.8 Å². The van der Waals surface area contributed by atoms with E-state index in [1.54, 1.807) is 0 Å². The Morgan fingerprint density at radius 1 is 1.05 bits per heavy atom. The van der Waals surface area contributed by atoms with Gasteiger partial charge in [0.1, 0.15) is 5.82 Å². The van der Waals surface area contributed by atoms with Crippen LogP contribution in [-0.2, 0) is 0 Å². The number of benzene rings is 1. The molecule has 1 unspecified atom stereocenters. The normalized spacial score (nSPS) is 22.5. The Bertz CT molecular complexity index is 598. The van der Waals surface area contributed by atoms with Gasteiger partial charge in [0, 0.05) is 24.1 Å². The number of nitrogens with zero attached hydrogens (tertiary/aromatic N) is 2. The predicted molar refractivity (Wildman–Crippen MR) is 79.0 cm³/mol. The fraction of sp³-hybridized carbons (Fsp3) is 0.500. The fourth-order valence-electron chi connectivity index (χ4n) is 3.56. The van der Waals surface area contributed by atoms with Gasteiger partial charge in [0.2, 0.25) is 0 Å². The number of rotatable bonds is 2. The molecule has 1 atom stereocenters. The molecule has 0 bridgehead atoms. The molecule has 0 radical (unpaired) electrons. The maximum absolute atomic E-state index is 4.82. The Balaban J connectivity index is 1.65. The molecule has 4 rings (SSSR count). The second-order valence-corrected chi connectivity index (χ2v) is 5.92. The van der Waals surface area contributed by atoms with E-state index in [-0.39, 0.29) is 0 Å². The van der Waals surface area contributed by atoms with Crippen LogP contribution >= 0.6 is 0 Å². The van der Waals surface area contributed by atoms with Gasteiger partial charge in [0.05, 0.1) is 0 Å². The number of fused-ring (bicyclic) bond motifs is 1. The van der Waals surface area contributed by atoms with Gasteiger partial charge in [-0.1, -0.05) is 31.0 Å². The fourth-order valence-corrected chi connectivity index (χ4v) is 3.56.